The number of benzene rings is 7. The number of hydrogen-bond acceptors (Lipinski definition) is 4. The van der Waals surface area contributed by atoms with Crippen molar-refractivity contribution in [1.82, 2.24) is 9.97 Å². The van der Waals surface area contributed by atoms with Crippen molar-refractivity contribution in [1.29, 1.82) is 0 Å². The molecule has 0 spiro atoms. The second-order valence-corrected chi connectivity index (χ2v) is 16.0. The summed E-state index contributed by atoms with van der Waals surface area (Å²) >= 11 is 0.534. The molecule has 46 heavy (non-hydrogen) atoms. The zero-order valence-electron chi connectivity index (χ0n) is 24.5. The second-order valence-electron chi connectivity index (χ2n) is 11.5. The van der Waals surface area contributed by atoms with Crippen molar-refractivity contribution in [3.8, 4) is 0 Å². The average Bonchev–Trinajstić information content (AvgIpc) is 3.12. The van der Waals surface area contributed by atoms with E-state index in [1.54, 1.807) is 0 Å². The molecule has 2 aliphatic rings. The quantitative estimate of drug-likeness (QED) is 0.145. The predicted octanol–water partition coefficient (Wildman–Crippen LogP) is 6.81. The van der Waals surface area contributed by atoms with Crippen LogP contribution in [0, 0.1) is 0 Å². The van der Waals surface area contributed by atoms with Crippen molar-refractivity contribution in [2.24, 2.45) is 0 Å². The van der Waals surface area contributed by atoms with Crippen LogP contribution >= 0.6 is 0 Å². The van der Waals surface area contributed by atoms with Gasteiger partial charge in [-0.2, -0.15) is 0 Å². The molecule has 7 aromatic carbocycles. The molecule has 0 fully saturated rings. The summed E-state index contributed by atoms with van der Waals surface area (Å²) in [5.41, 5.74) is 9.14. The van der Waals surface area contributed by atoms with Gasteiger partial charge in [-0.25, -0.2) is 0 Å². The van der Waals surface area contributed by atoms with Gasteiger partial charge in [-0.3, -0.25) is 0 Å². The number of fused-ring (bicyclic) bond motifs is 10. The molecule has 3 heterocycles. The SMILES string of the molecule is c1ccc2c(c1)[Se]c1ccccc1N2c1ccc2c3ccc(N4c5ccccc5[Se]c5ccccc54)cc3c3nccnc3c2c1. The molecule has 10 rings (SSSR count). The Labute approximate surface area is 278 Å². The van der Waals surface area contributed by atoms with Crippen LogP contribution in [0.2, 0.25) is 0 Å². The van der Waals surface area contributed by atoms with Crippen LogP contribution in [0.3, 0.4) is 0 Å². The number of nitrogens with zero attached hydrogens (tertiary/aromatic N) is 4. The van der Waals surface area contributed by atoms with E-state index in [0.29, 0.717) is 0 Å². The fourth-order valence-electron chi connectivity index (χ4n) is 6.90. The molecule has 0 radical (unpaired) electrons. The van der Waals surface area contributed by atoms with Crippen molar-refractivity contribution >= 4 is 114 Å². The Bertz CT molecular complexity index is 2240. The zero-order valence-corrected chi connectivity index (χ0v) is 27.9. The van der Waals surface area contributed by atoms with Crippen LogP contribution < -0.4 is 27.6 Å². The molecule has 1 aromatic heterocycles. The van der Waals surface area contributed by atoms with Gasteiger partial charge in [0.15, 0.2) is 0 Å². The summed E-state index contributed by atoms with van der Waals surface area (Å²) in [6, 6.07) is 48.9. The molecule has 0 unspecified atom stereocenters. The standard InChI is InChI=1S/C40H24N4Se2/c1-5-13-35-31(9-1)43(32-10-2-6-14-36(32)45-35)25-17-19-27-28-20-18-26(24-30(28)40-39(29(27)23-25)41-21-22-42-40)44-33-11-3-7-15-37(33)46-38-16-8-4-12-34(38)44/h1-24H. The van der Waals surface area contributed by atoms with Crippen LogP contribution in [0.25, 0.3) is 32.6 Å². The van der Waals surface area contributed by atoms with Crippen LogP contribution in [0.1, 0.15) is 0 Å². The third-order valence-electron chi connectivity index (χ3n) is 8.89. The van der Waals surface area contributed by atoms with E-state index in [-0.39, 0.29) is 29.9 Å². The molecule has 6 heteroatoms. The molecule has 0 aliphatic carbocycles. The van der Waals surface area contributed by atoms with Gasteiger partial charge in [0.25, 0.3) is 0 Å². The Balaban J connectivity index is 1.20. The van der Waals surface area contributed by atoms with Gasteiger partial charge in [-0.05, 0) is 0 Å². The van der Waals surface area contributed by atoms with E-state index in [2.05, 4.69) is 143 Å². The Morgan fingerprint density at radius 1 is 0.370 bits per heavy atom. The van der Waals surface area contributed by atoms with Crippen molar-refractivity contribution in [3.05, 3.63) is 146 Å². The van der Waals surface area contributed by atoms with Crippen LogP contribution in [-0.2, 0) is 0 Å². The van der Waals surface area contributed by atoms with Gasteiger partial charge in [-0.15, -0.1) is 0 Å². The molecule has 216 valence electrons. The molecule has 0 saturated carbocycles. The number of rotatable bonds is 2. The maximum absolute atomic E-state index is 4.96. The van der Waals surface area contributed by atoms with Gasteiger partial charge >= 0.3 is 280 Å². The third kappa shape index (κ3) is 3.92. The van der Waals surface area contributed by atoms with E-state index < -0.39 is 0 Å². The van der Waals surface area contributed by atoms with Crippen LogP contribution in [0.5, 0.6) is 0 Å². The first-order chi connectivity index (χ1) is 22.8. The van der Waals surface area contributed by atoms with Crippen molar-refractivity contribution in [2.75, 3.05) is 9.80 Å². The molecule has 2 aliphatic heterocycles. The first-order valence-corrected chi connectivity index (χ1v) is 18.7. The van der Waals surface area contributed by atoms with E-state index in [4.69, 9.17) is 9.97 Å². The first-order valence-electron chi connectivity index (χ1n) is 15.2. The van der Waals surface area contributed by atoms with E-state index in [1.165, 1.54) is 51.4 Å². The number of para-hydroxylation sites is 4. The monoisotopic (exact) mass is 720 g/mol. The van der Waals surface area contributed by atoms with Gasteiger partial charge in [0.2, 0.25) is 0 Å². The molecule has 4 nitrogen and oxygen atoms in total. The van der Waals surface area contributed by atoms with Crippen LogP contribution in [0.15, 0.2) is 146 Å². The second kappa shape index (κ2) is 10.3. The summed E-state index contributed by atoms with van der Waals surface area (Å²) in [6.45, 7) is 0. The molecule has 0 N–H and O–H groups in total. The Hall–Kier alpha value is -4.96. The molecule has 0 atom stereocenters. The van der Waals surface area contributed by atoms with Crippen molar-refractivity contribution < 1.29 is 0 Å². The van der Waals surface area contributed by atoms with Crippen LogP contribution in [0.4, 0.5) is 34.1 Å². The summed E-state index contributed by atoms with van der Waals surface area (Å²) in [6.07, 6.45) is 3.63. The summed E-state index contributed by atoms with van der Waals surface area (Å²) < 4.78 is 5.58. The van der Waals surface area contributed by atoms with E-state index in [1.807, 2.05) is 12.4 Å². The molecular weight excluding hydrogens is 694 g/mol. The summed E-state index contributed by atoms with van der Waals surface area (Å²) in [7, 11) is 0. The predicted molar refractivity (Wildman–Crippen MR) is 194 cm³/mol. The summed E-state index contributed by atoms with van der Waals surface area (Å²) in [4.78, 5) is 14.7. The van der Waals surface area contributed by atoms with Crippen LogP contribution in [-0.4, -0.2) is 39.9 Å². The minimum atomic E-state index is 0.267. The van der Waals surface area contributed by atoms with E-state index in [9.17, 15) is 0 Å². The van der Waals surface area contributed by atoms with Gasteiger partial charge in [-0.1, -0.05) is 0 Å². The normalized spacial score (nSPS) is 13.4. The average molecular weight is 719 g/mol. The summed E-state index contributed by atoms with van der Waals surface area (Å²) in [5.74, 6) is 0. The summed E-state index contributed by atoms with van der Waals surface area (Å²) in [5, 5.41) is 4.60. The Morgan fingerprint density at radius 2 is 0.717 bits per heavy atom. The number of anilines is 6. The fourth-order valence-corrected chi connectivity index (χ4v) is 11.3. The number of hydrogen-bond donors (Lipinski definition) is 0. The number of aromatic nitrogens is 2. The maximum atomic E-state index is 4.96. The molecule has 0 saturated heterocycles. The molecular formula is C40H24N4Se2. The minimum absolute atomic E-state index is 0.267. The van der Waals surface area contributed by atoms with Gasteiger partial charge in [0, 0.05) is 0 Å². The third-order valence-corrected chi connectivity index (χ3v) is 13.6. The first kappa shape index (κ1) is 26.3. The molecule has 0 amide bonds. The van der Waals surface area contributed by atoms with E-state index in [0.717, 1.165) is 33.2 Å². The zero-order chi connectivity index (χ0) is 30.2. The van der Waals surface area contributed by atoms with Crippen molar-refractivity contribution in [3.63, 3.8) is 0 Å². The topological polar surface area (TPSA) is 32.3 Å². The van der Waals surface area contributed by atoms with Gasteiger partial charge < -0.3 is 0 Å². The Kier molecular flexibility index (Phi) is 5.87. The van der Waals surface area contributed by atoms with E-state index >= 15 is 0 Å². The van der Waals surface area contributed by atoms with Crippen molar-refractivity contribution in [2.45, 2.75) is 0 Å². The Morgan fingerprint density at radius 3 is 1.09 bits per heavy atom. The van der Waals surface area contributed by atoms with Gasteiger partial charge in [0.05, 0.1) is 0 Å². The fraction of sp³-hybridized carbons (Fsp3) is 0. The van der Waals surface area contributed by atoms with Gasteiger partial charge in [0.1, 0.15) is 0 Å². The molecule has 8 aromatic rings. The molecule has 0 bridgehead atoms.